The van der Waals surface area contributed by atoms with Crippen LogP contribution in [0.3, 0.4) is 0 Å². The minimum absolute atomic E-state index is 0.264. The van der Waals surface area contributed by atoms with Crippen LogP contribution >= 0.6 is 7.60 Å². The van der Waals surface area contributed by atoms with Gasteiger partial charge < -0.3 is 18.7 Å². The molecular formula is C16H21F3N3O4P. The lowest BCUT2D eigenvalue weighted by Crippen LogP contribution is -2.49. The van der Waals surface area contributed by atoms with Gasteiger partial charge in [-0.05, 0) is 26.0 Å². The van der Waals surface area contributed by atoms with Crippen molar-refractivity contribution < 1.29 is 31.5 Å². The highest BCUT2D eigenvalue weighted by Gasteiger charge is 2.71. The molecular weight excluding hydrogens is 386 g/mol. The van der Waals surface area contributed by atoms with Crippen molar-refractivity contribution in [3.05, 3.63) is 35.9 Å². The number of benzene rings is 1. The average Bonchev–Trinajstić information content (AvgIpc) is 2.61. The van der Waals surface area contributed by atoms with E-state index in [0.717, 1.165) is 0 Å². The van der Waals surface area contributed by atoms with Gasteiger partial charge in [-0.25, -0.2) is 0 Å². The van der Waals surface area contributed by atoms with Gasteiger partial charge in [0.15, 0.2) is 0 Å². The van der Waals surface area contributed by atoms with E-state index in [9.17, 15) is 17.7 Å². The SMILES string of the molecule is CCOP(=O)(OCC)C1(C(F)(F)F)N=C(c2ccccc2)OC(N(C)C)=N1. The molecule has 0 fully saturated rings. The van der Waals surface area contributed by atoms with Gasteiger partial charge in [-0.2, -0.15) is 23.2 Å². The molecule has 0 saturated heterocycles. The highest BCUT2D eigenvalue weighted by Crippen LogP contribution is 2.67. The van der Waals surface area contributed by atoms with Gasteiger partial charge in [0.1, 0.15) is 0 Å². The fourth-order valence-electron chi connectivity index (χ4n) is 2.29. The fraction of sp³-hybridized carbons (Fsp3) is 0.500. The van der Waals surface area contributed by atoms with Crippen LogP contribution in [0.5, 0.6) is 0 Å². The standard InChI is InChI=1S/C16H21F3N3O4P/c1-5-24-27(23,25-6-2)16(15(17,18)19)20-13(12-10-8-7-9-11-12)26-14(21-16)22(3)4/h7-11H,5-6H2,1-4H3. The van der Waals surface area contributed by atoms with E-state index in [4.69, 9.17) is 13.8 Å². The number of aliphatic imine (C=N–C) groups is 2. The van der Waals surface area contributed by atoms with Crippen molar-refractivity contribution in [3.8, 4) is 0 Å². The van der Waals surface area contributed by atoms with E-state index in [-0.39, 0.29) is 24.7 Å². The Hall–Kier alpha value is -1.90. The molecule has 1 atom stereocenters. The van der Waals surface area contributed by atoms with Crippen LogP contribution in [-0.4, -0.2) is 55.7 Å². The van der Waals surface area contributed by atoms with Gasteiger partial charge in [0.05, 0.1) is 13.2 Å². The van der Waals surface area contributed by atoms with Crippen molar-refractivity contribution in [2.24, 2.45) is 9.98 Å². The van der Waals surface area contributed by atoms with E-state index >= 15 is 0 Å². The summed E-state index contributed by atoms with van der Waals surface area (Å²) in [7, 11) is -2.00. The molecule has 11 heteroatoms. The van der Waals surface area contributed by atoms with E-state index in [1.807, 2.05) is 0 Å². The first-order valence-electron chi connectivity index (χ1n) is 8.16. The number of ether oxygens (including phenoxy) is 1. The van der Waals surface area contributed by atoms with Crippen molar-refractivity contribution in [2.75, 3.05) is 27.3 Å². The number of hydrogen-bond acceptors (Lipinski definition) is 7. The molecule has 0 aromatic heterocycles. The highest BCUT2D eigenvalue weighted by molar-refractivity contribution is 7.55. The van der Waals surface area contributed by atoms with Crippen LogP contribution in [0.4, 0.5) is 13.2 Å². The Morgan fingerprint density at radius 3 is 2.11 bits per heavy atom. The van der Waals surface area contributed by atoms with Gasteiger partial charge in [-0.1, -0.05) is 18.2 Å². The second-order valence-electron chi connectivity index (χ2n) is 5.64. The summed E-state index contributed by atoms with van der Waals surface area (Å²) in [5.41, 5.74) is 0.264. The Bertz CT molecular complexity index is 758. The number of hydrogen-bond donors (Lipinski definition) is 0. The quantitative estimate of drug-likeness (QED) is 0.670. The third kappa shape index (κ3) is 4.02. The van der Waals surface area contributed by atoms with Crippen LogP contribution in [0, 0.1) is 0 Å². The molecule has 0 bridgehead atoms. The van der Waals surface area contributed by atoms with Crippen molar-refractivity contribution >= 4 is 19.5 Å². The molecule has 0 aliphatic carbocycles. The summed E-state index contributed by atoms with van der Waals surface area (Å²) in [6.07, 6.45) is -5.17. The zero-order chi connectivity index (χ0) is 20.3. The average molecular weight is 407 g/mol. The summed E-state index contributed by atoms with van der Waals surface area (Å²) in [5, 5.41) is -3.48. The Morgan fingerprint density at radius 1 is 1.11 bits per heavy atom. The third-order valence-corrected chi connectivity index (χ3v) is 5.87. The number of nitrogens with zero attached hydrogens (tertiary/aromatic N) is 3. The normalized spacial score (nSPS) is 20.6. The first-order chi connectivity index (χ1) is 12.6. The second kappa shape index (κ2) is 8.00. The lowest BCUT2D eigenvalue weighted by Gasteiger charge is -2.37. The summed E-state index contributed by atoms with van der Waals surface area (Å²) in [6.45, 7) is 2.26. The molecule has 1 aromatic carbocycles. The predicted octanol–water partition coefficient (Wildman–Crippen LogP) is 3.86. The van der Waals surface area contributed by atoms with E-state index in [1.165, 1.54) is 45.0 Å². The van der Waals surface area contributed by atoms with Crippen LogP contribution in [-0.2, 0) is 18.3 Å². The van der Waals surface area contributed by atoms with Crippen LogP contribution < -0.4 is 0 Å². The fourth-order valence-corrected chi connectivity index (χ4v) is 4.14. The second-order valence-corrected chi connectivity index (χ2v) is 7.77. The molecule has 1 aliphatic rings. The zero-order valence-corrected chi connectivity index (χ0v) is 16.3. The molecule has 1 heterocycles. The van der Waals surface area contributed by atoms with E-state index in [2.05, 4.69) is 9.98 Å². The first kappa shape index (κ1) is 21.4. The number of rotatable bonds is 6. The van der Waals surface area contributed by atoms with Crippen LogP contribution in [0.25, 0.3) is 0 Å². The topological polar surface area (TPSA) is 72.7 Å². The lowest BCUT2D eigenvalue weighted by molar-refractivity contribution is -0.165. The summed E-state index contributed by atoms with van der Waals surface area (Å²) in [4.78, 5) is 8.43. The number of amidine groups is 1. The maximum absolute atomic E-state index is 14.2. The largest absolute Gasteiger partial charge is 0.447 e. The maximum atomic E-state index is 14.2. The van der Waals surface area contributed by atoms with Crippen molar-refractivity contribution in [3.63, 3.8) is 0 Å². The van der Waals surface area contributed by atoms with Gasteiger partial charge in [0, 0.05) is 19.7 Å². The van der Waals surface area contributed by atoms with Gasteiger partial charge in [-0.15, -0.1) is 0 Å². The maximum Gasteiger partial charge on any atom is 0.447 e. The molecule has 1 aromatic rings. The van der Waals surface area contributed by atoms with E-state index in [1.54, 1.807) is 18.2 Å². The molecule has 1 aliphatic heterocycles. The van der Waals surface area contributed by atoms with Gasteiger partial charge in [0.2, 0.25) is 5.90 Å². The van der Waals surface area contributed by atoms with Crippen molar-refractivity contribution in [2.45, 2.75) is 25.4 Å². The van der Waals surface area contributed by atoms with Crippen LogP contribution in [0.1, 0.15) is 19.4 Å². The summed E-state index contributed by atoms with van der Waals surface area (Å²) < 4.78 is 71.3. The summed E-state index contributed by atoms with van der Waals surface area (Å²) in [6, 6.07) is 7.54. The Morgan fingerprint density at radius 2 is 1.67 bits per heavy atom. The Balaban J connectivity index is 2.79. The van der Waals surface area contributed by atoms with E-state index in [0.29, 0.717) is 0 Å². The van der Waals surface area contributed by atoms with Crippen LogP contribution in [0.2, 0.25) is 0 Å². The minimum atomic E-state index is -5.17. The highest BCUT2D eigenvalue weighted by atomic mass is 31.2. The molecule has 0 radical (unpaired) electrons. The molecule has 1 unspecified atom stereocenters. The Kier molecular flexibility index (Phi) is 6.34. The third-order valence-electron chi connectivity index (χ3n) is 3.46. The molecule has 2 rings (SSSR count). The zero-order valence-electron chi connectivity index (χ0n) is 15.4. The Labute approximate surface area is 155 Å². The molecule has 27 heavy (non-hydrogen) atoms. The van der Waals surface area contributed by atoms with Crippen molar-refractivity contribution in [1.29, 1.82) is 0 Å². The summed E-state index contributed by atoms with van der Waals surface area (Å²) >= 11 is 0. The van der Waals surface area contributed by atoms with Gasteiger partial charge >= 0.3 is 19.2 Å². The number of alkyl halides is 3. The summed E-state index contributed by atoms with van der Waals surface area (Å²) in [5.74, 6) is -0.383. The lowest BCUT2D eigenvalue weighted by atomic mass is 10.2. The molecule has 0 saturated carbocycles. The molecule has 0 spiro atoms. The van der Waals surface area contributed by atoms with E-state index < -0.39 is 25.2 Å². The molecule has 7 nitrogen and oxygen atoms in total. The van der Waals surface area contributed by atoms with Crippen LogP contribution in [0.15, 0.2) is 40.3 Å². The molecule has 0 amide bonds. The predicted molar refractivity (Wildman–Crippen MR) is 94.8 cm³/mol. The smallest absolute Gasteiger partial charge is 0.406 e. The molecule has 0 N–H and O–H groups in total. The van der Waals surface area contributed by atoms with Gasteiger partial charge in [-0.3, -0.25) is 4.57 Å². The van der Waals surface area contributed by atoms with Crippen molar-refractivity contribution in [1.82, 2.24) is 4.90 Å². The number of halogens is 3. The van der Waals surface area contributed by atoms with Gasteiger partial charge in [0.25, 0.3) is 6.02 Å². The first-order valence-corrected chi connectivity index (χ1v) is 9.70. The monoisotopic (exact) mass is 407 g/mol. The minimum Gasteiger partial charge on any atom is -0.406 e. The molecule has 150 valence electrons.